The maximum Gasteiger partial charge on any atom is 0.291 e. The zero-order chi connectivity index (χ0) is 10.6. The van der Waals surface area contributed by atoms with Crippen LogP contribution in [0.3, 0.4) is 0 Å². The van der Waals surface area contributed by atoms with Crippen molar-refractivity contribution in [3.05, 3.63) is 29.3 Å². The molecule has 1 aromatic carbocycles. The van der Waals surface area contributed by atoms with Crippen molar-refractivity contribution in [2.45, 2.75) is 6.92 Å². The highest BCUT2D eigenvalue weighted by atomic mass is 16.5. The Kier molecular flexibility index (Phi) is 3.15. The standard InChI is InChI=1S/C10H9NO3/c1-7-3-4-9(14-2)8(5-7)10(13)11-6-12/h3-5H,1-2H3. The second kappa shape index (κ2) is 4.35. The van der Waals surface area contributed by atoms with Crippen LogP contribution in [0.4, 0.5) is 0 Å². The molecule has 0 atom stereocenters. The van der Waals surface area contributed by atoms with E-state index in [-0.39, 0.29) is 5.56 Å². The van der Waals surface area contributed by atoms with Gasteiger partial charge in [-0.1, -0.05) is 11.6 Å². The van der Waals surface area contributed by atoms with Crippen LogP contribution < -0.4 is 4.74 Å². The van der Waals surface area contributed by atoms with Gasteiger partial charge in [0.2, 0.25) is 6.08 Å². The van der Waals surface area contributed by atoms with E-state index in [1.807, 2.05) is 6.92 Å². The fourth-order valence-corrected chi connectivity index (χ4v) is 1.09. The van der Waals surface area contributed by atoms with E-state index in [0.29, 0.717) is 5.75 Å². The topological polar surface area (TPSA) is 55.7 Å². The second-order valence-electron chi connectivity index (χ2n) is 2.71. The first kappa shape index (κ1) is 10.2. The largest absolute Gasteiger partial charge is 0.496 e. The normalized spacial score (nSPS) is 9.00. The van der Waals surface area contributed by atoms with Crippen molar-refractivity contribution in [1.29, 1.82) is 0 Å². The number of isocyanates is 1. The van der Waals surface area contributed by atoms with Gasteiger partial charge in [0.25, 0.3) is 5.91 Å². The molecule has 0 saturated heterocycles. The van der Waals surface area contributed by atoms with Gasteiger partial charge in [0.1, 0.15) is 5.75 Å². The number of benzene rings is 1. The summed E-state index contributed by atoms with van der Waals surface area (Å²) in [5.74, 6) is -0.236. The maximum atomic E-state index is 11.3. The lowest BCUT2D eigenvalue weighted by Gasteiger charge is -2.04. The molecular formula is C10H9NO3. The third-order valence-electron chi connectivity index (χ3n) is 1.73. The third-order valence-corrected chi connectivity index (χ3v) is 1.73. The average Bonchev–Trinajstić information content (AvgIpc) is 2.18. The lowest BCUT2D eigenvalue weighted by atomic mass is 10.1. The first-order chi connectivity index (χ1) is 6.69. The van der Waals surface area contributed by atoms with E-state index in [0.717, 1.165) is 5.56 Å². The fraction of sp³-hybridized carbons (Fsp3) is 0.200. The molecule has 0 aromatic heterocycles. The molecule has 1 amide bonds. The quantitative estimate of drug-likeness (QED) is 0.525. The predicted octanol–water partition coefficient (Wildman–Crippen LogP) is 1.48. The first-order valence-electron chi connectivity index (χ1n) is 3.96. The average molecular weight is 191 g/mol. The predicted molar refractivity (Wildman–Crippen MR) is 50.2 cm³/mol. The van der Waals surface area contributed by atoms with E-state index < -0.39 is 5.91 Å². The number of aryl methyl sites for hydroxylation is 1. The van der Waals surface area contributed by atoms with Crippen LogP contribution in [0.2, 0.25) is 0 Å². The van der Waals surface area contributed by atoms with Crippen molar-refractivity contribution in [1.82, 2.24) is 0 Å². The molecule has 0 aliphatic carbocycles. The monoisotopic (exact) mass is 191 g/mol. The maximum absolute atomic E-state index is 11.3. The van der Waals surface area contributed by atoms with Crippen molar-refractivity contribution in [3.63, 3.8) is 0 Å². The summed E-state index contributed by atoms with van der Waals surface area (Å²) in [6.07, 6.45) is 1.21. The van der Waals surface area contributed by atoms with E-state index in [1.54, 1.807) is 18.2 Å². The van der Waals surface area contributed by atoms with Gasteiger partial charge in [0.15, 0.2) is 0 Å². The molecule has 0 saturated carbocycles. The summed E-state index contributed by atoms with van der Waals surface area (Å²) < 4.78 is 4.96. The Hall–Kier alpha value is -1.93. The van der Waals surface area contributed by atoms with Gasteiger partial charge >= 0.3 is 0 Å². The summed E-state index contributed by atoms with van der Waals surface area (Å²) in [7, 11) is 1.45. The number of hydrogen-bond acceptors (Lipinski definition) is 3. The summed E-state index contributed by atoms with van der Waals surface area (Å²) in [4.78, 5) is 24.2. The van der Waals surface area contributed by atoms with Crippen molar-refractivity contribution in [2.75, 3.05) is 7.11 Å². The van der Waals surface area contributed by atoms with Gasteiger partial charge in [-0.3, -0.25) is 4.79 Å². The molecular weight excluding hydrogens is 182 g/mol. The summed E-state index contributed by atoms with van der Waals surface area (Å²) in [5.41, 5.74) is 1.17. The molecule has 0 N–H and O–H groups in total. The Morgan fingerprint density at radius 1 is 1.50 bits per heavy atom. The first-order valence-corrected chi connectivity index (χ1v) is 3.96. The minimum atomic E-state index is -0.638. The molecule has 0 spiro atoms. The van der Waals surface area contributed by atoms with Gasteiger partial charge in [-0.05, 0) is 19.1 Å². The summed E-state index contributed by atoms with van der Waals surface area (Å²) in [6, 6.07) is 5.07. The minimum absolute atomic E-state index is 0.274. The van der Waals surface area contributed by atoms with E-state index in [9.17, 15) is 9.59 Å². The Morgan fingerprint density at radius 3 is 2.79 bits per heavy atom. The van der Waals surface area contributed by atoms with Gasteiger partial charge in [-0.15, -0.1) is 4.99 Å². The smallest absolute Gasteiger partial charge is 0.291 e. The highest BCUT2D eigenvalue weighted by Crippen LogP contribution is 2.20. The number of carbonyl (C=O) groups is 1. The van der Waals surface area contributed by atoms with Crippen molar-refractivity contribution in [2.24, 2.45) is 4.99 Å². The van der Waals surface area contributed by atoms with Crippen LogP contribution in [0.5, 0.6) is 5.75 Å². The molecule has 1 aromatic rings. The molecule has 72 valence electrons. The number of methoxy groups -OCH3 is 1. The van der Waals surface area contributed by atoms with E-state index in [2.05, 4.69) is 4.99 Å². The summed E-state index contributed by atoms with van der Waals surface area (Å²) in [6.45, 7) is 1.83. The number of hydrogen-bond donors (Lipinski definition) is 0. The zero-order valence-corrected chi connectivity index (χ0v) is 7.90. The molecule has 0 unspecified atom stereocenters. The Bertz CT molecular complexity index is 406. The van der Waals surface area contributed by atoms with Crippen LogP contribution >= 0.6 is 0 Å². The molecule has 0 bridgehead atoms. The molecule has 0 aliphatic heterocycles. The number of rotatable bonds is 2. The van der Waals surface area contributed by atoms with Crippen LogP contribution in [0, 0.1) is 6.92 Å². The summed E-state index contributed by atoms with van der Waals surface area (Å²) >= 11 is 0. The number of amides is 1. The van der Waals surface area contributed by atoms with Gasteiger partial charge in [-0.25, -0.2) is 4.79 Å². The number of aliphatic imine (C=N–C) groups is 1. The molecule has 0 fully saturated rings. The van der Waals surface area contributed by atoms with E-state index in [1.165, 1.54) is 13.2 Å². The van der Waals surface area contributed by atoms with Crippen molar-refractivity contribution in [3.8, 4) is 5.75 Å². The molecule has 1 rings (SSSR count). The fourth-order valence-electron chi connectivity index (χ4n) is 1.09. The lowest BCUT2D eigenvalue weighted by molar-refractivity contribution is 0.1000. The Morgan fingerprint density at radius 2 is 2.21 bits per heavy atom. The number of ether oxygens (including phenoxy) is 1. The molecule has 4 heteroatoms. The second-order valence-corrected chi connectivity index (χ2v) is 2.71. The molecule has 0 aliphatic rings. The van der Waals surface area contributed by atoms with Crippen LogP contribution in [0.15, 0.2) is 23.2 Å². The van der Waals surface area contributed by atoms with E-state index >= 15 is 0 Å². The zero-order valence-electron chi connectivity index (χ0n) is 7.90. The van der Waals surface area contributed by atoms with Gasteiger partial charge in [0.05, 0.1) is 12.7 Å². The highest BCUT2D eigenvalue weighted by molar-refractivity contribution is 5.99. The Balaban J connectivity index is 3.23. The molecule has 0 heterocycles. The van der Waals surface area contributed by atoms with Crippen molar-refractivity contribution >= 4 is 12.0 Å². The van der Waals surface area contributed by atoms with Gasteiger partial charge < -0.3 is 4.74 Å². The summed E-state index contributed by atoms with van der Waals surface area (Å²) in [5, 5.41) is 0. The molecule has 14 heavy (non-hydrogen) atoms. The van der Waals surface area contributed by atoms with Crippen LogP contribution in [-0.4, -0.2) is 19.1 Å². The van der Waals surface area contributed by atoms with Crippen LogP contribution in [0.1, 0.15) is 15.9 Å². The number of nitrogens with zero attached hydrogens (tertiary/aromatic N) is 1. The van der Waals surface area contributed by atoms with Crippen LogP contribution in [-0.2, 0) is 4.79 Å². The van der Waals surface area contributed by atoms with E-state index in [4.69, 9.17) is 4.74 Å². The van der Waals surface area contributed by atoms with Gasteiger partial charge in [0, 0.05) is 0 Å². The molecule has 4 nitrogen and oxygen atoms in total. The van der Waals surface area contributed by atoms with Crippen LogP contribution in [0.25, 0.3) is 0 Å². The Labute approximate surface area is 81.2 Å². The van der Waals surface area contributed by atoms with Crippen molar-refractivity contribution < 1.29 is 14.3 Å². The highest BCUT2D eigenvalue weighted by Gasteiger charge is 2.10. The molecule has 0 radical (unpaired) electrons. The SMILES string of the molecule is COc1ccc(C)cc1C(=O)N=C=O. The number of carbonyl (C=O) groups excluding carboxylic acids is 2. The lowest BCUT2D eigenvalue weighted by Crippen LogP contribution is -1.99. The van der Waals surface area contributed by atoms with Gasteiger partial charge in [-0.2, -0.15) is 0 Å². The third kappa shape index (κ3) is 2.06. The minimum Gasteiger partial charge on any atom is -0.496 e.